The van der Waals surface area contributed by atoms with Crippen LogP contribution in [0.3, 0.4) is 0 Å². The van der Waals surface area contributed by atoms with Gasteiger partial charge in [0.1, 0.15) is 5.78 Å². The molecule has 3 saturated carbocycles. The average Bonchev–Trinajstić information content (AvgIpc) is 2.92. The van der Waals surface area contributed by atoms with Crippen LogP contribution >= 0.6 is 0 Å². The molecule has 0 aromatic heterocycles. The third-order valence-electron chi connectivity index (χ3n) is 8.94. The van der Waals surface area contributed by atoms with Crippen molar-refractivity contribution >= 4 is 5.78 Å². The van der Waals surface area contributed by atoms with Crippen LogP contribution in [0.25, 0.3) is 0 Å². The van der Waals surface area contributed by atoms with Crippen molar-refractivity contribution in [3.8, 4) is 0 Å². The highest BCUT2D eigenvalue weighted by atomic mass is 16.1. The van der Waals surface area contributed by atoms with Gasteiger partial charge in [-0.15, -0.1) is 0 Å². The zero-order chi connectivity index (χ0) is 17.1. The van der Waals surface area contributed by atoms with Gasteiger partial charge in [-0.3, -0.25) is 4.79 Å². The Morgan fingerprint density at radius 1 is 1.17 bits per heavy atom. The molecule has 0 aromatic carbocycles. The van der Waals surface area contributed by atoms with Crippen LogP contribution in [0.4, 0.5) is 0 Å². The molecule has 0 radical (unpaired) electrons. The molecule has 4 rings (SSSR count). The normalized spacial score (nSPS) is 48.4. The summed E-state index contributed by atoms with van der Waals surface area (Å²) in [7, 11) is 0. The number of allylic oxidation sites excluding steroid dienone is 4. The maximum absolute atomic E-state index is 12.0. The standard InChI is InChI=1S/C23H34O/c1-5-15(2)19-8-9-20-18-7-6-16-14-17(24)10-12-22(16,3)21(18)11-13-23(19,20)4/h5-6,18-21H,7-14H2,1-4H3/t18-,19+,20-,21-,22-,23+/m0/s1. The lowest BCUT2D eigenvalue weighted by Gasteiger charge is -2.57. The molecular formula is C23H34O. The zero-order valence-corrected chi connectivity index (χ0v) is 16.0. The van der Waals surface area contributed by atoms with Gasteiger partial charge in [0.15, 0.2) is 0 Å². The third-order valence-corrected chi connectivity index (χ3v) is 8.94. The molecule has 1 nitrogen and oxygen atoms in total. The summed E-state index contributed by atoms with van der Waals surface area (Å²) < 4.78 is 0. The highest BCUT2D eigenvalue weighted by Gasteiger charge is 2.58. The first-order valence-corrected chi connectivity index (χ1v) is 10.2. The summed E-state index contributed by atoms with van der Waals surface area (Å²) in [6, 6.07) is 0. The second-order valence-corrected chi connectivity index (χ2v) is 9.68. The number of ketones is 1. The highest BCUT2D eigenvalue weighted by molar-refractivity contribution is 5.82. The first-order valence-electron chi connectivity index (χ1n) is 10.2. The van der Waals surface area contributed by atoms with Gasteiger partial charge >= 0.3 is 0 Å². The summed E-state index contributed by atoms with van der Waals surface area (Å²) in [6.45, 7) is 9.67. The van der Waals surface area contributed by atoms with E-state index in [0.717, 1.165) is 42.9 Å². The minimum absolute atomic E-state index is 0.325. The van der Waals surface area contributed by atoms with Crippen molar-refractivity contribution in [3.63, 3.8) is 0 Å². The van der Waals surface area contributed by atoms with Gasteiger partial charge in [-0.25, -0.2) is 0 Å². The van der Waals surface area contributed by atoms with E-state index in [1.807, 2.05) is 0 Å². The van der Waals surface area contributed by atoms with Crippen molar-refractivity contribution in [1.82, 2.24) is 0 Å². The van der Waals surface area contributed by atoms with Crippen LogP contribution in [0.5, 0.6) is 0 Å². The molecule has 1 heteroatoms. The van der Waals surface area contributed by atoms with Crippen molar-refractivity contribution in [2.24, 2.45) is 34.5 Å². The fourth-order valence-corrected chi connectivity index (χ4v) is 7.43. The molecule has 0 aliphatic heterocycles. The summed E-state index contributed by atoms with van der Waals surface area (Å²) in [5.74, 6) is 3.86. The van der Waals surface area contributed by atoms with Crippen LogP contribution in [0, 0.1) is 34.5 Å². The summed E-state index contributed by atoms with van der Waals surface area (Å²) >= 11 is 0. The van der Waals surface area contributed by atoms with Crippen molar-refractivity contribution in [2.45, 2.75) is 79.1 Å². The molecule has 0 bridgehead atoms. The van der Waals surface area contributed by atoms with E-state index in [1.54, 1.807) is 5.57 Å². The molecule has 0 amide bonds. The Bertz CT molecular complexity index is 612. The van der Waals surface area contributed by atoms with E-state index in [-0.39, 0.29) is 0 Å². The van der Waals surface area contributed by atoms with Gasteiger partial charge in [0, 0.05) is 12.8 Å². The number of rotatable bonds is 1. The fourth-order valence-electron chi connectivity index (χ4n) is 7.43. The van der Waals surface area contributed by atoms with Gasteiger partial charge in [-0.1, -0.05) is 37.1 Å². The Kier molecular flexibility index (Phi) is 3.86. The van der Waals surface area contributed by atoms with Gasteiger partial charge in [-0.2, -0.15) is 0 Å². The van der Waals surface area contributed by atoms with E-state index in [4.69, 9.17) is 0 Å². The number of Topliss-reactive ketones (excluding diaryl/α,β-unsaturated/α-hetero) is 1. The molecule has 0 aromatic rings. The maximum Gasteiger partial charge on any atom is 0.136 e. The van der Waals surface area contributed by atoms with E-state index in [9.17, 15) is 4.79 Å². The Hall–Kier alpha value is -0.850. The van der Waals surface area contributed by atoms with Gasteiger partial charge in [0.05, 0.1) is 0 Å². The van der Waals surface area contributed by atoms with E-state index < -0.39 is 0 Å². The number of hydrogen-bond donors (Lipinski definition) is 0. The van der Waals surface area contributed by atoms with Gasteiger partial charge < -0.3 is 0 Å². The number of fused-ring (bicyclic) bond motifs is 5. The molecular weight excluding hydrogens is 292 g/mol. The molecule has 3 fully saturated rings. The molecule has 4 aliphatic rings. The van der Waals surface area contributed by atoms with Crippen LogP contribution in [0.15, 0.2) is 23.3 Å². The van der Waals surface area contributed by atoms with Crippen LogP contribution in [-0.2, 0) is 4.79 Å². The van der Waals surface area contributed by atoms with Crippen LogP contribution in [0.2, 0.25) is 0 Å². The topological polar surface area (TPSA) is 17.1 Å². The minimum atomic E-state index is 0.325. The minimum Gasteiger partial charge on any atom is -0.299 e. The van der Waals surface area contributed by atoms with E-state index in [1.165, 1.54) is 37.7 Å². The number of carbonyl (C=O) groups is 1. The van der Waals surface area contributed by atoms with Crippen molar-refractivity contribution in [1.29, 1.82) is 0 Å². The predicted molar refractivity (Wildman–Crippen MR) is 99.6 cm³/mol. The van der Waals surface area contributed by atoms with E-state index in [2.05, 4.69) is 39.8 Å². The monoisotopic (exact) mass is 326 g/mol. The largest absolute Gasteiger partial charge is 0.299 e. The fraction of sp³-hybridized carbons (Fsp3) is 0.783. The van der Waals surface area contributed by atoms with Gasteiger partial charge in [-0.05, 0) is 86.9 Å². The Morgan fingerprint density at radius 3 is 2.71 bits per heavy atom. The second kappa shape index (κ2) is 5.58. The number of carbonyl (C=O) groups excluding carboxylic acids is 1. The molecule has 0 unspecified atom stereocenters. The molecule has 0 saturated heterocycles. The lowest BCUT2D eigenvalue weighted by atomic mass is 9.47. The summed E-state index contributed by atoms with van der Waals surface area (Å²) in [4.78, 5) is 12.0. The maximum atomic E-state index is 12.0. The van der Waals surface area contributed by atoms with Crippen LogP contribution < -0.4 is 0 Å². The molecule has 0 N–H and O–H groups in total. The van der Waals surface area contributed by atoms with Gasteiger partial charge in [0.25, 0.3) is 0 Å². The Labute approximate surface area is 148 Å². The molecule has 6 atom stereocenters. The van der Waals surface area contributed by atoms with Crippen molar-refractivity contribution in [3.05, 3.63) is 23.3 Å². The van der Waals surface area contributed by atoms with Gasteiger partial charge in [0.2, 0.25) is 0 Å². The second-order valence-electron chi connectivity index (χ2n) is 9.68. The van der Waals surface area contributed by atoms with Crippen molar-refractivity contribution in [2.75, 3.05) is 0 Å². The quantitative estimate of drug-likeness (QED) is 0.532. The lowest BCUT2D eigenvalue weighted by molar-refractivity contribution is -0.122. The smallest absolute Gasteiger partial charge is 0.136 e. The van der Waals surface area contributed by atoms with E-state index in [0.29, 0.717) is 16.6 Å². The zero-order valence-electron chi connectivity index (χ0n) is 16.0. The molecule has 24 heavy (non-hydrogen) atoms. The highest BCUT2D eigenvalue weighted by Crippen LogP contribution is 2.66. The molecule has 0 heterocycles. The Balaban J connectivity index is 1.66. The van der Waals surface area contributed by atoms with E-state index >= 15 is 0 Å². The van der Waals surface area contributed by atoms with Crippen LogP contribution in [0.1, 0.15) is 79.1 Å². The summed E-state index contributed by atoms with van der Waals surface area (Å²) in [5, 5.41) is 0. The van der Waals surface area contributed by atoms with Crippen molar-refractivity contribution < 1.29 is 4.79 Å². The Morgan fingerprint density at radius 2 is 1.96 bits per heavy atom. The predicted octanol–water partition coefficient (Wildman–Crippen LogP) is 6.10. The number of hydrogen-bond acceptors (Lipinski definition) is 1. The molecule has 4 aliphatic carbocycles. The van der Waals surface area contributed by atoms with Crippen LogP contribution in [-0.4, -0.2) is 5.78 Å². The summed E-state index contributed by atoms with van der Waals surface area (Å²) in [6.07, 6.45) is 14.4. The first-order chi connectivity index (χ1) is 11.4. The lowest BCUT2D eigenvalue weighted by Crippen LogP contribution is -2.50. The first kappa shape index (κ1) is 16.6. The summed E-state index contributed by atoms with van der Waals surface area (Å²) in [5.41, 5.74) is 3.97. The molecule has 0 spiro atoms. The SMILES string of the molecule is CC=C(C)[C@H]1CC[C@H]2[C@@H]3CC=C4CC(=O)CC[C@]4(C)[C@H]3CC[C@]12C. The average molecular weight is 327 g/mol. The molecule has 132 valence electrons. The third kappa shape index (κ3) is 2.15.